The van der Waals surface area contributed by atoms with Gasteiger partial charge in [-0.3, -0.25) is 0 Å². The Kier molecular flexibility index (Phi) is 4.23. The predicted molar refractivity (Wildman–Crippen MR) is 79.7 cm³/mol. The normalized spacial score (nSPS) is 10.9. The molecule has 0 fully saturated rings. The molecular formula is C15H19BrN2. The molecule has 18 heavy (non-hydrogen) atoms. The largest absolute Gasteiger partial charge is 0.237 e. The van der Waals surface area contributed by atoms with Gasteiger partial charge in [0.2, 0.25) is 0 Å². The quantitative estimate of drug-likeness (QED) is 0.774. The fraction of sp³-hybridized carbons (Fsp3) is 0.400. The minimum Gasteiger partial charge on any atom is -0.237 e. The summed E-state index contributed by atoms with van der Waals surface area (Å²) < 4.78 is 2.09. The number of hydrogen-bond acceptors (Lipinski definition) is 1. The highest BCUT2D eigenvalue weighted by molar-refractivity contribution is 9.08. The van der Waals surface area contributed by atoms with Gasteiger partial charge in [-0.1, -0.05) is 41.9 Å². The summed E-state index contributed by atoms with van der Waals surface area (Å²) in [6, 6.07) is 8.75. The van der Waals surface area contributed by atoms with Gasteiger partial charge in [0, 0.05) is 11.0 Å². The van der Waals surface area contributed by atoms with E-state index in [1.807, 2.05) is 0 Å². The summed E-state index contributed by atoms with van der Waals surface area (Å²) in [4.78, 5) is 0. The van der Waals surface area contributed by atoms with Crippen LogP contribution in [0.3, 0.4) is 0 Å². The first kappa shape index (κ1) is 13.3. The molecule has 2 aromatic rings. The Morgan fingerprint density at radius 3 is 2.50 bits per heavy atom. The predicted octanol–water partition coefficient (Wildman–Crippen LogP) is 4.20. The average molecular weight is 307 g/mol. The SMILES string of the molecule is CCc1cc(CC)n(-c2ccc(CBr)cc2C)n1. The highest BCUT2D eigenvalue weighted by Gasteiger charge is 2.09. The zero-order chi connectivity index (χ0) is 13.1. The Morgan fingerprint density at radius 1 is 1.17 bits per heavy atom. The van der Waals surface area contributed by atoms with E-state index in [0.29, 0.717) is 0 Å². The van der Waals surface area contributed by atoms with E-state index in [1.54, 1.807) is 0 Å². The van der Waals surface area contributed by atoms with Crippen molar-refractivity contribution >= 4 is 15.9 Å². The van der Waals surface area contributed by atoms with Crippen LogP contribution in [0.5, 0.6) is 0 Å². The molecule has 0 saturated heterocycles. The molecule has 0 spiro atoms. The van der Waals surface area contributed by atoms with Crippen LogP contribution in [0, 0.1) is 6.92 Å². The maximum absolute atomic E-state index is 4.69. The molecule has 0 saturated carbocycles. The highest BCUT2D eigenvalue weighted by atomic mass is 79.9. The Morgan fingerprint density at radius 2 is 1.94 bits per heavy atom. The molecule has 0 aliphatic carbocycles. The molecule has 96 valence electrons. The second-order valence-corrected chi connectivity index (χ2v) is 5.06. The molecule has 1 heterocycles. The lowest BCUT2D eigenvalue weighted by Gasteiger charge is -2.10. The molecule has 0 aliphatic rings. The van der Waals surface area contributed by atoms with Crippen LogP contribution in [-0.4, -0.2) is 9.78 Å². The number of hydrogen-bond donors (Lipinski definition) is 0. The van der Waals surface area contributed by atoms with Crippen molar-refractivity contribution in [2.24, 2.45) is 0 Å². The van der Waals surface area contributed by atoms with Gasteiger partial charge >= 0.3 is 0 Å². The molecule has 1 aromatic heterocycles. The van der Waals surface area contributed by atoms with E-state index in [-0.39, 0.29) is 0 Å². The average Bonchev–Trinajstić information content (AvgIpc) is 2.81. The zero-order valence-electron chi connectivity index (χ0n) is 11.2. The second-order valence-electron chi connectivity index (χ2n) is 4.50. The Hall–Kier alpha value is -1.09. The van der Waals surface area contributed by atoms with Gasteiger partial charge in [0.05, 0.1) is 11.4 Å². The number of rotatable bonds is 4. The number of halogens is 1. The van der Waals surface area contributed by atoms with E-state index in [9.17, 15) is 0 Å². The lowest BCUT2D eigenvalue weighted by Crippen LogP contribution is -2.04. The molecule has 2 nitrogen and oxygen atoms in total. The zero-order valence-corrected chi connectivity index (χ0v) is 12.8. The molecule has 0 amide bonds. The molecule has 3 heteroatoms. The number of aromatic nitrogens is 2. The van der Waals surface area contributed by atoms with Crippen LogP contribution >= 0.6 is 15.9 Å². The summed E-state index contributed by atoms with van der Waals surface area (Å²) in [7, 11) is 0. The van der Waals surface area contributed by atoms with E-state index >= 15 is 0 Å². The summed E-state index contributed by atoms with van der Waals surface area (Å²) in [6.45, 7) is 6.47. The van der Waals surface area contributed by atoms with Crippen molar-refractivity contribution in [3.8, 4) is 5.69 Å². The van der Waals surface area contributed by atoms with Gasteiger partial charge in [-0.15, -0.1) is 0 Å². The summed E-state index contributed by atoms with van der Waals surface area (Å²) in [5, 5.41) is 5.59. The molecule has 0 unspecified atom stereocenters. The van der Waals surface area contributed by atoms with Gasteiger partial charge in [-0.2, -0.15) is 5.10 Å². The molecule has 0 N–H and O–H groups in total. The van der Waals surface area contributed by atoms with Gasteiger partial charge in [0.25, 0.3) is 0 Å². The van der Waals surface area contributed by atoms with Crippen LogP contribution in [0.15, 0.2) is 24.3 Å². The molecular weight excluding hydrogens is 288 g/mol. The first-order chi connectivity index (χ1) is 8.69. The van der Waals surface area contributed by atoms with Gasteiger partial charge in [-0.25, -0.2) is 4.68 Å². The van der Waals surface area contributed by atoms with E-state index in [1.165, 1.54) is 22.5 Å². The number of alkyl halides is 1. The maximum atomic E-state index is 4.69. The van der Waals surface area contributed by atoms with Crippen molar-refractivity contribution in [1.82, 2.24) is 9.78 Å². The highest BCUT2D eigenvalue weighted by Crippen LogP contribution is 2.20. The fourth-order valence-corrected chi connectivity index (χ4v) is 2.50. The number of aryl methyl sites for hydroxylation is 3. The van der Waals surface area contributed by atoms with E-state index in [0.717, 1.165) is 23.9 Å². The lowest BCUT2D eigenvalue weighted by molar-refractivity contribution is 0.789. The molecule has 0 aliphatic heterocycles. The molecule has 0 radical (unpaired) electrons. The van der Waals surface area contributed by atoms with Crippen molar-refractivity contribution in [1.29, 1.82) is 0 Å². The third kappa shape index (κ3) is 2.51. The van der Waals surface area contributed by atoms with Crippen LogP contribution in [-0.2, 0) is 18.2 Å². The van der Waals surface area contributed by atoms with E-state index in [2.05, 4.69) is 65.6 Å². The van der Waals surface area contributed by atoms with Crippen molar-refractivity contribution in [2.45, 2.75) is 38.9 Å². The summed E-state index contributed by atoms with van der Waals surface area (Å²) in [5.41, 5.74) is 6.21. The Labute approximate surface area is 117 Å². The first-order valence-electron chi connectivity index (χ1n) is 6.43. The standard InChI is InChI=1S/C15H19BrN2/c1-4-13-9-14(5-2)18(17-13)15-7-6-12(10-16)8-11(15)3/h6-9H,4-5,10H2,1-3H3. The summed E-state index contributed by atoms with van der Waals surface area (Å²) >= 11 is 3.49. The van der Waals surface area contributed by atoms with Gasteiger partial charge in [0.1, 0.15) is 0 Å². The molecule has 1 aromatic carbocycles. The Balaban J connectivity index is 2.50. The lowest BCUT2D eigenvalue weighted by atomic mass is 10.1. The number of benzene rings is 1. The van der Waals surface area contributed by atoms with Crippen LogP contribution < -0.4 is 0 Å². The third-order valence-electron chi connectivity index (χ3n) is 3.20. The van der Waals surface area contributed by atoms with Crippen molar-refractivity contribution < 1.29 is 0 Å². The molecule has 0 atom stereocenters. The third-order valence-corrected chi connectivity index (χ3v) is 3.85. The Bertz CT molecular complexity index is 543. The summed E-state index contributed by atoms with van der Waals surface area (Å²) in [6.07, 6.45) is 1.99. The van der Waals surface area contributed by atoms with E-state index in [4.69, 9.17) is 5.10 Å². The summed E-state index contributed by atoms with van der Waals surface area (Å²) in [5.74, 6) is 0. The molecule has 2 rings (SSSR count). The second kappa shape index (κ2) is 5.70. The van der Waals surface area contributed by atoms with Gasteiger partial charge < -0.3 is 0 Å². The van der Waals surface area contributed by atoms with Crippen LogP contribution in [0.25, 0.3) is 5.69 Å². The van der Waals surface area contributed by atoms with Gasteiger partial charge in [-0.05, 0) is 43.0 Å². The minimum atomic E-state index is 0.897. The van der Waals surface area contributed by atoms with Crippen LogP contribution in [0.4, 0.5) is 0 Å². The number of nitrogens with zero attached hydrogens (tertiary/aromatic N) is 2. The molecule has 0 bridgehead atoms. The topological polar surface area (TPSA) is 17.8 Å². The monoisotopic (exact) mass is 306 g/mol. The van der Waals surface area contributed by atoms with Crippen LogP contribution in [0.1, 0.15) is 36.4 Å². The van der Waals surface area contributed by atoms with Crippen LogP contribution in [0.2, 0.25) is 0 Å². The minimum absolute atomic E-state index is 0.897. The van der Waals surface area contributed by atoms with Crippen molar-refractivity contribution in [3.05, 3.63) is 46.8 Å². The first-order valence-corrected chi connectivity index (χ1v) is 7.55. The fourth-order valence-electron chi connectivity index (χ4n) is 2.15. The smallest absolute Gasteiger partial charge is 0.0678 e. The maximum Gasteiger partial charge on any atom is 0.0678 e. The van der Waals surface area contributed by atoms with E-state index < -0.39 is 0 Å². The van der Waals surface area contributed by atoms with Crippen molar-refractivity contribution in [2.75, 3.05) is 0 Å². The van der Waals surface area contributed by atoms with Crippen molar-refractivity contribution in [3.63, 3.8) is 0 Å². The van der Waals surface area contributed by atoms with Gasteiger partial charge in [0.15, 0.2) is 0 Å².